The van der Waals surface area contributed by atoms with Crippen molar-refractivity contribution in [2.45, 2.75) is 4.90 Å². The fourth-order valence-electron chi connectivity index (χ4n) is 1.83. The Balaban J connectivity index is 1.89. The lowest BCUT2D eigenvalue weighted by atomic mass is 10.2. The SMILES string of the molecule is O=S(=O)(Nc1cccc(-c2nn[nH]n2)c1)c1ccc(Cl)cc1. The molecule has 7 nitrogen and oxygen atoms in total. The summed E-state index contributed by atoms with van der Waals surface area (Å²) in [5, 5.41) is 14.0. The van der Waals surface area contributed by atoms with Crippen molar-refractivity contribution >= 4 is 27.3 Å². The molecule has 0 amide bonds. The number of hydrogen-bond donors (Lipinski definition) is 2. The molecule has 112 valence electrons. The zero-order valence-electron chi connectivity index (χ0n) is 11.1. The summed E-state index contributed by atoms with van der Waals surface area (Å²) in [6.07, 6.45) is 0. The van der Waals surface area contributed by atoms with Crippen molar-refractivity contribution in [3.63, 3.8) is 0 Å². The Bertz CT molecular complexity index is 879. The molecule has 1 aromatic heterocycles. The van der Waals surface area contributed by atoms with E-state index in [1.54, 1.807) is 24.3 Å². The second-order valence-corrected chi connectivity index (χ2v) is 6.49. The quantitative estimate of drug-likeness (QED) is 0.762. The Morgan fingerprint density at radius 1 is 1.09 bits per heavy atom. The van der Waals surface area contributed by atoms with Crippen molar-refractivity contribution in [1.29, 1.82) is 0 Å². The molecule has 22 heavy (non-hydrogen) atoms. The number of nitrogens with one attached hydrogen (secondary N) is 2. The summed E-state index contributed by atoms with van der Waals surface area (Å²) in [4.78, 5) is 0.127. The largest absolute Gasteiger partial charge is 0.280 e. The van der Waals surface area contributed by atoms with E-state index in [-0.39, 0.29) is 4.90 Å². The molecule has 1 heterocycles. The molecule has 0 bridgehead atoms. The summed E-state index contributed by atoms with van der Waals surface area (Å²) < 4.78 is 27.1. The number of sulfonamides is 1. The average Bonchev–Trinajstić information content (AvgIpc) is 3.02. The van der Waals surface area contributed by atoms with Gasteiger partial charge >= 0.3 is 0 Å². The third-order valence-electron chi connectivity index (χ3n) is 2.84. The molecule has 0 radical (unpaired) electrons. The molecule has 9 heteroatoms. The van der Waals surface area contributed by atoms with Gasteiger partial charge in [0, 0.05) is 16.3 Å². The summed E-state index contributed by atoms with van der Waals surface area (Å²) in [5.74, 6) is 0.382. The lowest BCUT2D eigenvalue weighted by molar-refractivity contribution is 0.601. The highest BCUT2D eigenvalue weighted by atomic mass is 35.5. The van der Waals surface area contributed by atoms with Gasteiger partial charge in [0.15, 0.2) is 0 Å². The Kier molecular flexibility index (Phi) is 3.78. The average molecular weight is 336 g/mol. The molecular formula is C13H10ClN5O2S. The molecular weight excluding hydrogens is 326 g/mol. The number of aromatic amines is 1. The normalized spacial score (nSPS) is 11.3. The third kappa shape index (κ3) is 3.07. The highest BCUT2D eigenvalue weighted by Gasteiger charge is 2.14. The summed E-state index contributed by atoms with van der Waals surface area (Å²) in [6.45, 7) is 0. The fraction of sp³-hybridized carbons (Fsp3) is 0. The topological polar surface area (TPSA) is 101 Å². The first kappa shape index (κ1) is 14.5. The van der Waals surface area contributed by atoms with Crippen LogP contribution in [0.2, 0.25) is 5.02 Å². The van der Waals surface area contributed by atoms with Gasteiger partial charge in [-0.05, 0) is 41.6 Å². The van der Waals surface area contributed by atoms with E-state index in [2.05, 4.69) is 25.3 Å². The number of H-pyrrole nitrogens is 1. The molecule has 0 aliphatic rings. The molecule has 0 atom stereocenters. The van der Waals surface area contributed by atoms with Crippen LogP contribution in [0.4, 0.5) is 5.69 Å². The van der Waals surface area contributed by atoms with Gasteiger partial charge in [-0.2, -0.15) is 5.21 Å². The van der Waals surface area contributed by atoms with Crippen LogP contribution in [0, 0.1) is 0 Å². The predicted octanol–water partition coefficient (Wildman–Crippen LogP) is 2.32. The fourth-order valence-corrected chi connectivity index (χ4v) is 3.01. The van der Waals surface area contributed by atoms with Gasteiger partial charge in [0.05, 0.1) is 4.90 Å². The van der Waals surface area contributed by atoms with Crippen LogP contribution >= 0.6 is 11.6 Å². The molecule has 0 aliphatic carbocycles. The summed E-state index contributed by atoms with van der Waals surface area (Å²) >= 11 is 5.76. The van der Waals surface area contributed by atoms with E-state index in [0.717, 1.165) is 0 Å². The van der Waals surface area contributed by atoms with Crippen molar-refractivity contribution in [3.05, 3.63) is 53.6 Å². The van der Waals surface area contributed by atoms with E-state index in [4.69, 9.17) is 11.6 Å². The van der Waals surface area contributed by atoms with E-state index in [1.165, 1.54) is 24.3 Å². The van der Waals surface area contributed by atoms with Gasteiger partial charge in [0.25, 0.3) is 10.0 Å². The van der Waals surface area contributed by atoms with Crippen molar-refractivity contribution < 1.29 is 8.42 Å². The van der Waals surface area contributed by atoms with Crippen LogP contribution in [-0.2, 0) is 10.0 Å². The van der Waals surface area contributed by atoms with Crippen LogP contribution in [0.15, 0.2) is 53.4 Å². The van der Waals surface area contributed by atoms with E-state index in [1.807, 2.05) is 0 Å². The zero-order valence-corrected chi connectivity index (χ0v) is 12.6. The summed E-state index contributed by atoms with van der Waals surface area (Å²) in [5.41, 5.74) is 1.04. The standard InChI is InChI=1S/C13H10ClN5O2S/c14-10-4-6-12(7-5-10)22(20,21)17-11-3-1-2-9(8-11)13-15-18-19-16-13/h1-8,17H,(H,15,16,18,19). The first-order chi connectivity index (χ1) is 10.5. The van der Waals surface area contributed by atoms with E-state index >= 15 is 0 Å². The minimum absolute atomic E-state index is 0.127. The molecule has 0 spiro atoms. The minimum Gasteiger partial charge on any atom is -0.280 e. The van der Waals surface area contributed by atoms with E-state index in [0.29, 0.717) is 22.1 Å². The maximum Gasteiger partial charge on any atom is 0.261 e. The van der Waals surface area contributed by atoms with Gasteiger partial charge in [0.1, 0.15) is 0 Å². The molecule has 0 saturated carbocycles. The van der Waals surface area contributed by atoms with Gasteiger partial charge in [-0.1, -0.05) is 23.7 Å². The number of benzene rings is 2. The second kappa shape index (κ2) is 5.74. The van der Waals surface area contributed by atoms with Crippen LogP contribution in [0.1, 0.15) is 0 Å². The lowest BCUT2D eigenvalue weighted by Gasteiger charge is -2.08. The van der Waals surface area contributed by atoms with Crippen LogP contribution in [0.5, 0.6) is 0 Å². The zero-order chi connectivity index (χ0) is 15.6. The summed E-state index contributed by atoms with van der Waals surface area (Å²) in [6, 6.07) is 12.6. The van der Waals surface area contributed by atoms with Gasteiger partial charge < -0.3 is 0 Å². The molecule has 2 aromatic carbocycles. The number of anilines is 1. The van der Waals surface area contributed by atoms with Crippen molar-refractivity contribution in [3.8, 4) is 11.4 Å². The Morgan fingerprint density at radius 3 is 2.55 bits per heavy atom. The maximum absolute atomic E-state index is 12.3. The molecule has 0 unspecified atom stereocenters. The smallest absolute Gasteiger partial charge is 0.261 e. The molecule has 0 fully saturated rings. The van der Waals surface area contributed by atoms with E-state index < -0.39 is 10.0 Å². The van der Waals surface area contributed by atoms with Crippen LogP contribution in [0.25, 0.3) is 11.4 Å². The number of tetrazole rings is 1. The van der Waals surface area contributed by atoms with Gasteiger partial charge in [0.2, 0.25) is 5.82 Å². The van der Waals surface area contributed by atoms with Crippen molar-refractivity contribution in [2.24, 2.45) is 0 Å². The van der Waals surface area contributed by atoms with Crippen molar-refractivity contribution in [1.82, 2.24) is 20.6 Å². The Labute approximate surface area is 131 Å². The van der Waals surface area contributed by atoms with Gasteiger partial charge in [-0.15, -0.1) is 10.2 Å². The number of nitrogens with zero attached hydrogens (tertiary/aromatic N) is 3. The monoisotopic (exact) mass is 335 g/mol. The third-order valence-corrected chi connectivity index (χ3v) is 4.49. The van der Waals surface area contributed by atoms with Gasteiger partial charge in [-0.25, -0.2) is 8.42 Å². The summed E-state index contributed by atoms with van der Waals surface area (Å²) in [7, 11) is -3.69. The van der Waals surface area contributed by atoms with Crippen LogP contribution < -0.4 is 4.72 Å². The Hall–Kier alpha value is -2.45. The van der Waals surface area contributed by atoms with Gasteiger partial charge in [-0.3, -0.25) is 4.72 Å². The van der Waals surface area contributed by atoms with Crippen molar-refractivity contribution in [2.75, 3.05) is 4.72 Å². The van der Waals surface area contributed by atoms with Crippen LogP contribution in [-0.4, -0.2) is 29.0 Å². The van der Waals surface area contributed by atoms with E-state index in [9.17, 15) is 8.42 Å². The first-order valence-corrected chi connectivity index (χ1v) is 8.03. The maximum atomic E-state index is 12.3. The number of rotatable bonds is 4. The molecule has 0 aliphatic heterocycles. The first-order valence-electron chi connectivity index (χ1n) is 6.17. The highest BCUT2D eigenvalue weighted by molar-refractivity contribution is 7.92. The molecule has 3 rings (SSSR count). The number of halogens is 1. The predicted molar refractivity (Wildman–Crippen MR) is 81.9 cm³/mol. The molecule has 0 saturated heterocycles. The number of aromatic nitrogens is 4. The molecule has 2 N–H and O–H groups in total. The highest BCUT2D eigenvalue weighted by Crippen LogP contribution is 2.22. The number of hydrogen-bond acceptors (Lipinski definition) is 5. The lowest BCUT2D eigenvalue weighted by Crippen LogP contribution is -2.12. The molecule has 3 aromatic rings. The second-order valence-electron chi connectivity index (χ2n) is 4.38. The van der Waals surface area contributed by atoms with Crippen LogP contribution in [0.3, 0.4) is 0 Å². The minimum atomic E-state index is -3.69. The Morgan fingerprint density at radius 2 is 1.86 bits per heavy atom.